The molecule has 0 aromatic carbocycles. The van der Waals surface area contributed by atoms with Crippen molar-refractivity contribution in [1.82, 2.24) is 41.1 Å². The summed E-state index contributed by atoms with van der Waals surface area (Å²) in [5.74, 6) is -2.01. The summed E-state index contributed by atoms with van der Waals surface area (Å²) in [7, 11) is 0. The second-order valence-corrected chi connectivity index (χ2v) is 17.5. The molecular formula is C36H50N8O5S3. The fraction of sp³-hybridized carbons (Fsp3) is 0.611. The maximum Gasteiger partial charge on any atom is 0.271 e. The van der Waals surface area contributed by atoms with Gasteiger partial charge in [0, 0.05) is 22.7 Å². The highest BCUT2D eigenvalue weighted by Gasteiger charge is 2.40. The number of fused-ring (bicyclic) bond motifs is 7. The van der Waals surface area contributed by atoms with Crippen molar-refractivity contribution >= 4 is 63.5 Å². The summed E-state index contributed by atoms with van der Waals surface area (Å²) in [5, 5.41) is 19.0. The predicted octanol–water partition coefficient (Wildman–Crippen LogP) is 5.66. The molecular weight excluding hydrogens is 721 g/mol. The monoisotopic (exact) mass is 770 g/mol. The zero-order valence-electron chi connectivity index (χ0n) is 31.0. The third-order valence-corrected chi connectivity index (χ3v) is 12.4. The normalized spacial score (nSPS) is 24.3. The fourth-order valence-electron chi connectivity index (χ4n) is 6.42. The molecule has 2 aliphatic heterocycles. The number of rotatable bonds is 6. The number of aromatic nitrogens is 3. The van der Waals surface area contributed by atoms with Crippen molar-refractivity contribution in [2.75, 3.05) is 6.54 Å². The van der Waals surface area contributed by atoms with Gasteiger partial charge in [-0.1, -0.05) is 61.8 Å². The highest BCUT2D eigenvalue weighted by molar-refractivity contribution is 7.10. The Morgan fingerprint density at radius 2 is 1.19 bits per heavy atom. The fourth-order valence-corrected chi connectivity index (χ4v) is 9.28. The minimum atomic E-state index is -0.888. The van der Waals surface area contributed by atoms with E-state index in [1.165, 1.54) is 34.0 Å². The van der Waals surface area contributed by atoms with E-state index in [-0.39, 0.29) is 64.4 Å². The molecule has 0 aliphatic carbocycles. The van der Waals surface area contributed by atoms with Crippen LogP contribution in [-0.4, -0.2) is 68.0 Å². The van der Waals surface area contributed by atoms with E-state index in [1.54, 1.807) is 21.0 Å². The molecule has 5 amide bonds. The lowest BCUT2D eigenvalue weighted by atomic mass is 9.99. The average Bonchev–Trinajstić information content (AvgIpc) is 3.93. The molecule has 5 rings (SSSR count). The molecule has 6 bridgehead atoms. The molecule has 0 radical (unpaired) electrons. The van der Waals surface area contributed by atoms with E-state index in [1.807, 2.05) is 41.5 Å². The maximum absolute atomic E-state index is 14.0. The van der Waals surface area contributed by atoms with Crippen molar-refractivity contribution in [3.63, 3.8) is 0 Å². The Labute approximate surface area is 317 Å². The van der Waals surface area contributed by atoms with Crippen LogP contribution in [0.3, 0.4) is 0 Å². The highest BCUT2D eigenvalue weighted by atomic mass is 32.1. The van der Waals surface area contributed by atoms with E-state index in [0.29, 0.717) is 40.8 Å². The molecule has 1 unspecified atom stereocenters. The second-order valence-electron chi connectivity index (χ2n) is 14.8. The molecule has 0 spiro atoms. The molecule has 4 N–H and O–H groups in total. The van der Waals surface area contributed by atoms with Gasteiger partial charge in [0.1, 0.15) is 44.2 Å². The van der Waals surface area contributed by atoms with Crippen LogP contribution in [-0.2, 0) is 9.59 Å². The SMILES string of the molecule is CCC(C)[C@H]1NC(=O)c2csc(n2)[C@H](CC(C)C)NC(=O)c2csc(n2)[C@H](C(C)C)NC(=O)[C@@H]2CCCN2C(=O)[C@H](C(C)C)NC(=O)c2csc1n2. The van der Waals surface area contributed by atoms with E-state index in [0.717, 1.165) is 6.42 Å². The van der Waals surface area contributed by atoms with Gasteiger partial charge in [-0.3, -0.25) is 24.0 Å². The minimum Gasteiger partial charge on any atom is -0.345 e. The zero-order valence-corrected chi connectivity index (χ0v) is 33.5. The van der Waals surface area contributed by atoms with Gasteiger partial charge < -0.3 is 26.2 Å². The van der Waals surface area contributed by atoms with E-state index in [9.17, 15) is 24.0 Å². The molecule has 5 heterocycles. The molecule has 52 heavy (non-hydrogen) atoms. The van der Waals surface area contributed by atoms with Crippen LogP contribution in [0.4, 0.5) is 0 Å². The predicted molar refractivity (Wildman–Crippen MR) is 202 cm³/mol. The number of nitrogens with zero attached hydrogens (tertiary/aromatic N) is 4. The molecule has 3 aromatic rings. The lowest BCUT2D eigenvalue weighted by molar-refractivity contribution is -0.141. The number of carbonyl (C=O) groups is 5. The Hall–Kier alpha value is -3.76. The molecule has 6 atom stereocenters. The quantitative estimate of drug-likeness (QED) is 0.248. The summed E-state index contributed by atoms with van der Waals surface area (Å²) in [5.41, 5.74) is 0.604. The van der Waals surface area contributed by atoms with Crippen LogP contribution in [0, 0.1) is 23.7 Å². The maximum atomic E-state index is 14.0. The number of nitrogens with one attached hydrogen (secondary N) is 4. The van der Waals surface area contributed by atoms with Crippen LogP contribution in [0.5, 0.6) is 0 Å². The Balaban J connectivity index is 1.54. The summed E-state index contributed by atoms with van der Waals surface area (Å²) in [4.78, 5) is 84.4. The Kier molecular flexibility index (Phi) is 12.8. The first kappa shape index (κ1) is 39.4. The molecule has 3 aromatic heterocycles. The first-order valence-corrected chi connectivity index (χ1v) is 20.7. The smallest absolute Gasteiger partial charge is 0.271 e. The van der Waals surface area contributed by atoms with Gasteiger partial charge in [-0.2, -0.15) is 0 Å². The highest BCUT2D eigenvalue weighted by Crippen LogP contribution is 2.31. The molecule has 2 aliphatic rings. The number of amides is 5. The lowest BCUT2D eigenvalue weighted by Gasteiger charge is -2.31. The van der Waals surface area contributed by atoms with Crippen molar-refractivity contribution in [3.8, 4) is 0 Å². The summed E-state index contributed by atoms with van der Waals surface area (Å²) < 4.78 is 0. The number of hydrogen-bond donors (Lipinski definition) is 4. The Morgan fingerprint density at radius 1 is 0.692 bits per heavy atom. The van der Waals surface area contributed by atoms with E-state index in [4.69, 9.17) is 0 Å². The van der Waals surface area contributed by atoms with Crippen molar-refractivity contribution in [1.29, 1.82) is 0 Å². The van der Waals surface area contributed by atoms with Crippen molar-refractivity contribution in [2.24, 2.45) is 23.7 Å². The molecule has 13 nitrogen and oxygen atoms in total. The lowest BCUT2D eigenvalue weighted by Crippen LogP contribution is -2.55. The number of thiazole rings is 3. The third kappa shape index (κ3) is 8.88. The van der Waals surface area contributed by atoms with Crippen molar-refractivity contribution in [3.05, 3.63) is 48.2 Å². The average molecular weight is 771 g/mol. The summed E-state index contributed by atoms with van der Waals surface area (Å²) >= 11 is 3.87. The summed E-state index contributed by atoms with van der Waals surface area (Å²) in [6.45, 7) is 16.1. The molecule has 16 heteroatoms. The molecule has 1 fully saturated rings. The standard InChI is InChI=1S/C36H50N8O5S3/c1-9-20(8)28-35-40-24(16-52-35)30(46)42-27(19(6)7)36(49)44-12-10-11-25(44)32(48)41-26(18(4)5)34-39-22(15-51-34)29(45)37-21(13-17(2)3)33-38-23(14-50-33)31(47)43-28/h14-21,25-28H,9-13H2,1-8H3,(H,37,45)(H,41,48)(H,42,46)(H,43,47)/t20?,21-,25-,26-,27-,28+/m0/s1. The van der Waals surface area contributed by atoms with Gasteiger partial charge in [0.05, 0.1) is 18.1 Å². The first-order valence-electron chi connectivity index (χ1n) is 18.1. The van der Waals surface area contributed by atoms with Gasteiger partial charge >= 0.3 is 0 Å². The largest absolute Gasteiger partial charge is 0.345 e. The summed E-state index contributed by atoms with van der Waals surface area (Å²) in [6.07, 6.45) is 2.46. The number of carbonyl (C=O) groups excluding carboxylic acids is 5. The zero-order chi connectivity index (χ0) is 37.9. The minimum absolute atomic E-state index is 0.0165. The van der Waals surface area contributed by atoms with Gasteiger partial charge in [-0.25, -0.2) is 15.0 Å². The van der Waals surface area contributed by atoms with Gasteiger partial charge in [-0.05, 0) is 42.9 Å². The van der Waals surface area contributed by atoms with E-state index in [2.05, 4.69) is 50.1 Å². The van der Waals surface area contributed by atoms with Crippen LogP contribution in [0.25, 0.3) is 0 Å². The van der Waals surface area contributed by atoms with Crippen molar-refractivity contribution in [2.45, 2.75) is 111 Å². The molecule has 0 saturated carbocycles. The topological polar surface area (TPSA) is 175 Å². The Morgan fingerprint density at radius 3 is 1.73 bits per heavy atom. The van der Waals surface area contributed by atoms with Gasteiger partial charge in [0.15, 0.2) is 0 Å². The van der Waals surface area contributed by atoms with Crippen molar-refractivity contribution < 1.29 is 24.0 Å². The van der Waals surface area contributed by atoms with E-state index >= 15 is 0 Å². The van der Waals surface area contributed by atoms with Crippen LogP contribution in [0.2, 0.25) is 0 Å². The van der Waals surface area contributed by atoms with Gasteiger partial charge in [0.25, 0.3) is 17.7 Å². The van der Waals surface area contributed by atoms with Gasteiger partial charge in [0.2, 0.25) is 11.8 Å². The van der Waals surface area contributed by atoms with Crippen LogP contribution < -0.4 is 21.3 Å². The first-order chi connectivity index (χ1) is 24.7. The summed E-state index contributed by atoms with van der Waals surface area (Å²) in [6, 6.07) is -3.05. The Bertz CT molecular complexity index is 1770. The van der Waals surface area contributed by atoms with E-state index < -0.39 is 36.1 Å². The second kappa shape index (κ2) is 16.9. The third-order valence-electron chi connectivity index (χ3n) is 9.63. The number of hydrogen-bond acceptors (Lipinski definition) is 11. The molecule has 282 valence electrons. The van der Waals surface area contributed by atoms with Crippen LogP contribution >= 0.6 is 34.0 Å². The van der Waals surface area contributed by atoms with Crippen LogP contribution in [0.1, 0.15) is 146 Å². The van der Waals surface area contributed by atoms with Crippen LogP contribution in [0.15, 0.2) is 16.1 Å². The van der Waals surface area contributed by atoms with Gasteiger partial charge in [-0.15, -0.1) is 34.0 Å². The molecule has 1 saturated heterocycles.